The molecule has 0 saturated heterocycles. The number of rotatable bonds is 4. The summed E-state index contributed by atoms with van der Waals surface area (Å²) in [4.78, 5) is 32.2. The number of hydrogen-bond donors (Lipinski definition) is 2. The maximum absolute atomic E-state index is 14.4. The summed E-state index contributed by atoms with van der Waals surface area (Å²) in [6, 6.07) is 8.88. The first kappa shape index (κ1) is 20.9. The van der Waals surface area contributed by atoms with Crippen molar-refractivity contribution in [3.8, 4) is 0 Å². The molecule has 2 heterocycles. The lowest BCUT2D eigenvalue weighted by atomic mass is 10.1. The molecule has 3 rings (SSSR count). The summed E-state index contributed by atoms with van der Waals surface area (Å²) in [5.41, 5.74) is -2.05. The van der Waals surface area contributed by atoms with E-state index in [4.69, 9.17) is 0 Å². The van der Waals surface area contributed by atoms with Crippen molar-refractivity contribution in [3.63, 3.8) is 0 Å². The van der Waals surface area contributed by atoms with Gasteiger partial charge >= 0.3 is 0 Å². The lowest BCUT2D eigenvalue weighted by Gasteiger charge is -2.12. The molecule has 2 amide bonds. The zero-order valence-electron chi connectivity index (χ0n) is 15.7. The monoisotopic (exact) mass is 418 g/mol. The Labute approximate surface area is 168 Å². The number of aryl methyl sites for hydroxylation is 2. The van der Waals surface area contributed by atoms with Crippen LogP contribution in [0.2, 0.25) is 0 Å². The molecule has 0 saturated carbocycles. The minimum absolute atomic E-state index is 0.0769. The highest BCUT2D eigenvalue weighted by atomic mass is 19.2. The molecule has 0 radical (unpaired) electrons. The number of anilines is 2. The van der Waals surface area contributed by atoms with Crippen LogP contribution < -0.4 is 10.6 Å². The summed E-state index contributed by atoms with van der Waals surface area (Å²) in [5, 5.41) is 4.11. The summed E-state index contributed by atoms with van der Waals surface area (Å²) in [6.07, 6.45) is 0. The van der Waals surface area contributed by atoms with Crippen LogP contribution in [0.1, 0.15) is 32.1 Å². The molecule has 6 nitrogen and oxygen atoms in total. The molecular weight excluding hydrogens is 404 g/mol. The van der Waals surface area contributed by atoms with Crippen molar-refractivity contribution in [3.05, 3.63) is 82.2 Å². The standard InChI is InChI=1S/C20H14F4N4O2/c1-9-5-3-7-11(25-9)27-19(29)13-15(21)17(23)14(18(24)16(13)22)20(30)28-12-8-4-6-10(2)26-12/h3-8H,1-2H3,(H,25,27,29)(H,26,28,30). The van der Waals surface area contributed by atoms with E-state index in [1.54, 1.807) is 26.0 Å². The first-order valence-corrected chi connectivity index (χ1v) is 8.55. The van der Waals surface area contributed by atoms with E-state index in [9.17, 15) is 27.2 Å². The van der Waals surface area contributed by atoms with Crippen molar-refractivity contribution >= 4 is 23.5 Å². The molecular formula is C20H14F4N4O2. The zero-order valence-corrected chi connectivity index (χ0v) is 15.7. The van der Waals surface area contributed by atoms with E-state index in [1.807, 2.05) is 0 Å². The summed E-state index contributed by atoms with van der Waals surface area (Å²) in [5.74, 6) is -11.1. The number of halogens is 4. The Morgan fingerprint density at radius 1 is 0.667 bits per heavy atom. The fourth-order valence-corrected chi connectivity index (χ4v) is 2.61. The molecule has 0 fully saturated rings. The normalized spacial score (nSPS) is 10.6. The molecule has 0 aliphatic heterocycles. The van der Waals surface area contributed by atoms with Gasteiger partial charge in [-0.15, -0.1) is 0 Å². The number of nitrogens with one attached hydrogen (secondary N) is 2. The molecule has 3 aromatic rings. The smallest absolute Gasteiger partial charge is 0.263 e. The van der Waals surface area contributed by atoms with Gasteiger partial charge in [-0.3, -0.25) is 9.59 Å². The van der Waals surface area contributed by atoms with Crippen LogP contribution in [-0.4, -0.2) is 21.8 Å². The average molecular weight is 418 g/mol. The van der Waals surface area contributed by atoms with Crippen molar-refractivity contribution in [1.82, 2.24) is 9.97 Å². The van der Waals surface area contributed by atoms with Gasteiger partial charge in [0.05, 0.1) is 0 Å². The minimum Gasteiger partial charge on any atom is -0.306 e. The second kappa shape index (κ2) is 8.27. The zero-order chi connectivity index (χ0) is 22.0. The first-order valence-electron chi connectivity index (χ1n) is 8.55. The van der Waals surface area contributed by atoms with E-state index in [1.165, 1.54) is 24.3 Å². The van der Waals surface area contributed by atoms with Gasteiger partial charge in [-0.05, 0) is 38.1 Å². The molecule has 2 aromatic heterocycles. The lowest BCUT2D eigenvalue weighted by molar-refractivity contribution is 0.0992. The van der Waals surface area contributed by atoms with Gasteiger partial charge in [-0.2, -0.15) is 0 Å². The fraction of sp³-hybridized carbons (Fsp3) is 0.100. The van der Waals surface area contributed by atoms with Gasteiger partial charge in [0.1, 0.15) is 22.8 Å². The highest BCUT2D eigenvalue weighted by Crippen LogP contribution is 2.26. The van der Waals surface area contributed by atoms with Gasteiger partial charge in [0, 0.05) is 11.4 Å². The number of amides is 2. The maximum atomic E-state index is 14.4. The van der Waals surface area contributed by atoms with Gasteiger partial charge in [-0.25, -0.2) is 27.5 Å². The van der Waals surface area contributed by atoms with Crippen molar-refractivity contribution in [1.29, 1.82) is 0 Å². The van der Waals surface area contributed by atoms with E-state index < -0.39 is 46.2 Å². The molecule has 0 aliphatic rings. The van der Waals surface area contributed by atoms with Crippen LogP contribution in [-0.2, 0) is 0 Å². The molecule has 10 heteroatoms. The average Bonchev–Trinajstić information content (AvgIpc) is 2.67. The Bertz CT molecular complexity index is 1050. The van der Waals surface area contributed by atoms with Crippen LogP contribution in [0.25, 0.3) is 0 Å². The minimum atomic E-state index is -2.01. The van der Waals surface area contributed by atoms with Gasteiger partial charge in [-0.1, -0.05) is 12.1 Å². The predicted molar refractivity (Wildman–Crippen MR) is 100 cm³/mol. The van der Waals surface area contributed by atoms with Crippen molar-refractivity contribution in [2.75, 3.05) is 10.6 Å². The van der Waals surface area contributed by atoms with Gasteiger partial charge in [0.25, 0.3) is 11.8 Å². The van der Waals surface area contributed by atoms with Crippen LogP contribution in [0.15, 0.2) is 36.4 Å². The van der Waals surface area contributed by atoms with Crippen LogP contribution in [0.5, 0.6) is 0 Å². The molecule has 30 heavy (non-hydrogen) atoms. The number of benzene rings is 1. The van der Waals surface area contributed by atoms with Crippen molar-refractivity contribution in [2.24, 2.45) is 0 Å². The van der Waals surface area contributed by atoms with E-state index in [-0.39, 0.29) is 11.6 Å². The first-order chi connectivity index (χ1) is 14.2. The molecule has 0 unspecified atom stereocenters. The Kier molecular flexibility index (Phi) is 5.77. The van der Waals surface area contributed by atoms with Crippen LogP contribution >= 0.6 is 0 Å². The number of nitrogens with zero attached hydrogens (tertiary/aromatic N) is 2. The number of carbonyl (C=O) groups excluding carboxylic acids is 2. The van der Waals surface area contributed by atoms with Crippen molar-refractivity contribution in [2.45, 2.75) is 13.8 Å². The highest BCUT2D eigenvalue weighted by Gasteiger charge is 2.32. The van der Waals surface area contributed by atoms with Crippen LogP contribution in [0.4, 0.5) is 29.2 Å². The molecule has 0 bridgehead atoms. The molecule has 0 atom stereocenters. The molecule has 1 aromatic carbocycles. The summed E-state index contributed by atoms with van der Waals surface area (Å²) in [6.45, 7) is 3.21. The summed E-state index contributed by atoms with van der Waals surface area (Å²) in [7, 11) is 0. The summed E-state index contributed by atoms with van der Waals surface area (Å²) < 4.78 is 57.8. The second-order valence-corrected chi connectivity index (χ2v) is 6.24. The molecule has 154 valence electrons. The largest absolute Gasteiger partial charge is 0.306 e. The number of hydrogen-bond acceptors (Lipinski definition) is 4. The Balaban J connectivity index is 1.97. The molecule has 0 aliphatic carbocycles. The van der Waals surface area contributed by atoms with E-state index in [0.29, 0.717) is 11.4 Å². The SMILES string of the molecule is Cc1cccc(NC(=O)c2c(F)c(F)c(C(=O)Nc3cccc(C)n3)c(F)c2F)n1. The Morgan fingerprint density at radius 3 is 1.30 bits per heavy atom. The number of aromatic nitrogens is 2. The Hall–Kier alpha value is -3.82. The van der Waals surface area contributed by atoms with Crippen LogP contribution in [0, 0.1) is 37.1 Å². The van der Waals surface area contributed by atoms with Gasteiger partial charge in [0.2, 0.25) is 0 Å². The number of carbonyl (C=O) groups is 2. The maximum Gasteiger partial charge on any atom is 0.263 e. The quantitative estimate of drug-likeness (QED) is 0.493. The van der Waals surface area contributed by atoms with Gasteiger partial charge in [0.15, 0.2) is 23.3 Å². The fourth-order valence-electron chi connectivity index (χ4n) is 2.61. The third-order valence-electron chi connectivity index (χ3n) is 3.98. The van der Waals surface area contributed by atoms with E-state index >= 15 is 0 Å². The molecule has 2 N–H and O–H groups in total. The van der Waals surface area contributed by atoms with Crippen molar-refractivity contribution < 1.29 is 27.2 Å². The Morgan fingerprint density at radius 2 is 1.00 bits per heavy atom. The van der Waals surface area contributed by atoms with E-state index in [2.05, 4.69) is 20.6 Å². The predicted octanol–water partition coefficient (Wildman–Crippen LogP) is 4.15. The van der Waals surface area contributed by atoms with E-state index in [0.717, 1.165) is 0 Å². The highest BCUT2D eigenvalue weighted by molar-refractivity contribution is 6.07. The lowest BCUT2D eigenvalue weighted by Crippen LogP contribution is -2.24. The molecule has 0 spiro atoms. The third-order valence-corrected chi connectivity index (χ3v) is 3.98. The topological polar surface area (TPSA) is 84.0 Å². The van der Waals surface area contributed by atoms with Gasteiger partial charge < -0.3 is 10.6 Å². The number of pyridine rings is 2. The second-order valence-electron chi connectivity index (χ2n) is 6.24. The summed E-state index contributed by atoms with van der Waals surface area (Å²) >= 11 is 0. The van der Waals surface area contributed by atoms with Crippen LogP contribution in [0.3, 0.4) is 0 Å². The third kappa shape index (κ3) is 4.12.